The molecule has 0 fully saturated rings. The van der Waals surface area contributed by atoms with Gasteiger partial charge in [-0.2, -0.15) is 13.2 Å². The Kier molecular flexibility index (Phi) is 5.71. The maximum atomic E-state index is 12.7. The van der Waals surface area contributed by atoms with E-state index >= 15 is 0 Å². The number of nitrogens with one attached hydrogen (secondary N) is 1. The predicted octanol–water partition coefficient (Wildman–Crippen LogP) is 4.50. The standard InChI is InChI=1S/C15H13ClF3N3OS/c1-8-5-9(2)21-14(20-8)24-7-13(23)22-12-6-10(15(17,18)19)3-4-11(12)16/h3-6H,7H2,1-2H3,(H,22,23). The van der Waals surface area contributed by atoms with Gasteiger partial charge in [-0.1, -0.05) is 23.4 Å². The summed E-state index contributed by atoms with van der Waals surface area (Å²) in [4.78, 5) is 20.3. The van der Waals surface area contributed by atoms with Crippen LogP contribution in [-0.4, -0.2) is 21.6 Å². The zero-order valence-electron chi connectivity index (χ0n) is 12.7. The lowest BCUT2D eigenvalue weighted by Crippen LogP contribution is -2.15. The second kappa shape index (κ2) is 7.40. The quantitative estimate of drug-likeness (QED) is 0.631. The fourth-order valence-corrected chi connectivity index (χ4v) is 2.79. The third-order valence-electron chi connectivity index (χ3n) is 2.86. The third kappa shape index (κ3) is 5.10. The molecule has 1 aromatic carbocycles. The van der Waals surface area contributed by atoms with E-state index in [0.717, 1.165) is 41.3 Å². The number of rotatable bonds is 4. The van der Waals surface area contributed by atoms with E-state index in [1.165, 1.54) is 0 Å². The molecule has 2 aromatic rings. The number of halogens is 4. The Morgan fingerprint density at radius 3 is 2.42 bits per heavy atom. The molecule has 0 radical (unpaired) electrons. The summed E-state index contributed by atoms with van der Waals surface area (Å²) in [5.74, 6) is -0.542. The molecule has 0 unspecified atom stereocenters. The number of thioether (sulfide) groups is 1. The van der Waals surface area contributed by atoms with Crippen LogP contribution < -0.4 is 5.32 Å². The van der Waals surface area contributed by atoms with Gasteiger partial charge >= 0.3 is 6.18 Å². The number of amides is 1. The lowest BCUT2D eigenvalue weighted by molar-refractivity contribution is -0.137. The van der Waals surface area contributed by atoms with E-state index in [9.17, 15) is 18.0 Å². The van der Waals surface area contributed by atoms with Crippen LogP contribution in [0.1, 0.15) is 17.0 Å². The van der Waals surface area contributed by atoms with Gasteiger partial charge in [0.1, 0.15) is 0 Å². The van der Waals surface area contributed by atoms with E-state index in [1.807, 2.05) is 0 Å². The lowest BCUT2D eigenvalue weighted by Gasteiger charge is -2.11. The van der Waals surface area contributed by atoms with Crippen LogP contribution in [0.15, 0.2) is 29.4 Å². The largest absolute Gasteiger partial charge is 0.416 e. The van der Waals surface area contributed by atoms with Crippen molar-refractivity contribution in [3.05, 3.63) is 46.2 Å². The van der Waals surface area contributed by atoms with Crippen molar-refractivity contribution in [3.63, 3.8) is 0 Å². The number of hydrogen-bond acceptors (Lipinski definition) is 4. The molecule has 0 saturated carbocycles. The first kappa shape index (κ1) is 18.5. The molecule has 9 heteroatoms. The van der Waals surface area contributed by atoms with E-state index in [4.69, 9.17) is 11.6 Å². The molecule has 1 amide bonds. The normalized spacial score (nSPS) is 11.4. The first-order valence-corrected chi connectivity index (χ1v) is 8.13. The summed E-state index contributed by atoms with van der Waals surface area (Å²) in [6.07, 6.45) is -4.51. The number of carbonyl (C=O) groups is 1. The molecule has 0 bridgehead atoms. The van der Waals surface area contributed by atoms with Gasteiger partial charge in [0, 0.05) is 11.4 Å². The first-order valence-electron chi connectivity index (χ1n) is 6.77. The minimum atomic E-state index is -4.51. The van der Waals surface area contributed by atoms with Gasteiger partial charge in [0.2, 0.25) is 5.91 Å². The average Bonchev–Trinajstić information content (AvgIpc) is 2.45. The Morgan fingerprint density at radius 2 is 1.83 bits per heavy atom. The van der Waals surface area contributed by atoms with Crippen LogP contribution in [0.2, 0.25) is 5.02 Å². The number of nitrogens with zero attached hydrogens (tertiary/aromatic N) is 2. The fraction of sp³-hybridized carbons (Fsp3) is 0.267. The SMILES string of the molecule is Cc1cc(C)nc(SCC(=O)Nc2cc(C(F)(F)F)ccc2Cl)n1. The number of aryl methyl sites for hydroxylation is 2. The van der Waals surface area contributed by atoms with Gasteiger partial charge in [0.15, 0.2) is 5.16 Å². The van der Waals surface area contributed by atoms with Crippen molar-refractivity contribution >= 4 is 35.0 Å². The smallest absolute Gasteiger partial charge is 0.324 e. The number of anilines is 1. The molecular formula is C15H13ClF3N3OS. The zero-order valence-corrected chi connectivity index (χ0v) is 14.3. The van der Waals surface area contributed by atoms with Crippen molar-refractivity contribution < 1.29 is 18.0 Å². The molecule has 0 aliphatic rings. The summed E-state index contributed by atoms with van der Waals surface area (Å²) in [5, 5.41) is 2.83. The fourth-order valence-electron chi connectivity index (χ4n) is 1.87. The van der Waals surface area contributed by atoms with Crippen LogP contribution >= 0.6 is 23.4 Å². The minimum absolute atomic E-state index is 0.0315. The van der Waals surface area contributed by atoms with Gasteiger partial charge < -0.3 is 5.32 Å². The second-order valence-electron chi connectivity index (χ2n) is 4.96. The lowest BCUT2D eigenvalue weighted by atomic mass is 10.2. The van der Waals surface area contributed by atoms with Crippen LogP contribution in [0.5, 0.6) is 0 Å². The molecule has 128 valence electrons. The van der Waals surface area contributed by atoms with E-state index in [2.05, 4.69) is 15.3 Å². The van der Waals surface area contributed by atoms with Crippen molar-refractivity contribution in [2.75, 3.05) is 11.1 Å². The molecule has 1 heterocycles. The summed E-state index contributed by atoms with van der Waals surface area (Å²) in [6, 6.07) is 4.56. The van der Waals surface area contributed by atoms with Crippen LogP contribution in [0, 0.1) is 13.8 Å². The molecule has 0 spiro atoms. The van der Waals surface area contributed by atoms with Crippen LogP contribution in [0.4, 0.5) is 18.9 Å². The van der Waals surface area contributed by atoms with Crippen LogP contribution in [0.3, 0.4) is 0 Å². The molecular weight excluding hydrogens is 363 g/mol. The van der Waals surface area contributed by atoms with Crippen LogP contribution in [0.25, 0.3) is 0 Å². The van der Waals surface area contributed by atoms with Gasteiger partial charge in [0.25, 0.3) is 0 Å². The summed E-state index contributed by atoms with van der Waals surface area (Å²) in [7, 11) is 0. The highest BCUT2D eigenvalue weighted by Crippen LogP contribution is 2.33. The van der Waals surface area contributed by atoms with E-state index in [1.54, 1.807) is 19.9 Å². The minimum Gasteiger partial charge on any atom is -0.324 e. The molecule has 0 atom stereocenters. The molecule has 0 aliphatic heterocycles. The van der Waals surface area contributed by atoms with Crippen molar-refractivity contribution in [3.8, 4) is 0 Å². The van der Waals surface area contributed by atoms with Crippen LogP contribution in [-0.2, 0) is 11.0 Å². The number of benzene rings is 1. The first-order chi connectivity index (χ1) is 11.1. The Bertz CT molecular complexity index is 748. The number of hydrogen-bond donors (Lipinski definition) is 1. The van der Waals surface area contributed by atoms with Crippen molar-refractivity contribution in [2.24, 2.45) is 0 Å². The maximum absolute atomic E-state index is 12.7. The molecule has 2 rings (SSSR count). The molecule has 1 aromatic heterocycles. The van der Waals surface area contributed by atoms with Gasteiger partial charge in [-0.3, -0.25) is 4.79 Å². The van der Waals surface area contributed by atoms with Gasteiger partial charge in [-0.25, -0.2) is 9.97 Å². The number of carbonyl (C=O) groups excluding carboxylic acids is 1. The topological polar surface area (TPSA) is 54.9 Å². The Labute approximate surface area is 145 Å². The number of alkyl halides is 3. The molecule has 0 saturated heterocycles. The summed E-state index contributed by atoms with van der Waals surface area (Å²) < 4.78 is 38.1. The van der Waals surface area contributed by atoms with E-state index < -0.39 is 17.6 Å². The highest BCUT2D eigenvalue weighted by atomic mass is 35.5. The summed E-state index contributed by atoms with van der Waals surface area (Å²) in [6.45, 7) is 3.61. The van der Waals surface area contributed by atoms with Crippen molar-refractivity contribution in [2.45, 2.75) is 25.2 Å². The molecule has 4 nitrogen and oxygen atoms in total. The zero-order chi connectivity index (χ0) is 17.9. The highest BCUT2D eigenvalue weighted by Gasteiger charge is 2.31. The van der Waals surface area contributed by atoms with Gasteiger partial charge in [-0.15, -0.1) is 0 Å². The number of aromatic nitrogens is 2. The van der Waals surface area contributed by atoms with Gasteiger partial charge in [-0.05, 0) is 38.1 Å². The summed E-state index contributed by atoms with van der Waals surface area (Å²) in [5.41, 5.74) is 0.573. The monoisotopic (exact) mass is 375 g/mol. The van der Waals surface area contributed by atoms with Gasteiger partial charge in [0.05, 0.1) is 22.0 Å². The van der Waals surface area contributed by atoms with Crippen molar-refractivity contribution in [1.82, 2.24) is 9.97 Å². The second-order valence-corrected chi connectivity index (χ2v) is 6.31. The molecule has 0 aliphatic carbocycles. The molecule has 24 heavy (non-hydrogen) atoms. The predicted molar refractivity (Wildman–Crippen MR) is 87.3 cm³/mol. The summed E-state index contributed by atoms with van der Waals surface area (Å²) >= 11 is 6.93. The molecule has 1 N–H and O–H groups in total. The third-order valence-corrected chi connectivity index (χ3v) is 4.04. The van der Waals surface area contributed by atoms with E-state index in [-0.39, 0.29) is 16.5 Å². The van der Waals surface area contributed by atoms with E-state index in [0.29, 0.717) is 5.16 Å². The Morgan fingerprint density at radius 1 is 1.21 bits per heavy atom. The Hall–Kier alpha value is -1.80. The maximum Gasteiger partial charge on any atom is 0.416 e. The van der Waals surface area contributed by atoms with Crippen molar-refractivity contribution in [1.29, 1.82) is 0 Å². The average molecular weight is 376 g/mol. The highest BCUT2D eigenvalue weighted by molar-refractivity contribution is 7.99. The Balaban J connectivity index is 2.04.